The van der Waals surface area contributed by atoms with E-state index in [2.05, 4.69) is 5.32 Å². The summed E-state index contributed by atoms with van der Waals surface area (Å²) in [5, 5.41) is 2.74. The van der Waals surface area contributed by atoms with E-state index in [9.17, 15) is 14.0 Å². The summed E-state index contributed by atoms with van der Waals surface area (Å²) in [6, 6.07) is 0.829. The van der Waals surface area contributed by atoms with Crippen molar-refractivity contribution in [2.45, 2.75) is 32.7 Å². The lowest BCUT2D eigenvalue weighted by Gasteiger charge is -2.28. The highest BCUT2D eigenvalue weighted by Gasteiger charge is 2.30. The van der Waals surface area contributed by atoms with Gasteiger partial charge in [0.15, 0.2) is 5.78 Å². The number of hydrogen-bond donors (Lipinski definition) is 2. The topological polar surface area (TPSA) is 72.2 Å². The number of hydrogen-bond acceptors (Lipinski definition) is 3. The number of fused-ring (bicyclic) bond motifs is 1. The maximum Gasteiger partial charge on any atom is 0.217 e. The van der Waals surface area contributed by atoms with Crippen LogP contribution in [0.1, 0.15) is 47.3 Å². The number of halogens is 1. The summed E-state index contributed by atoms with van der Waals surface area (Å²) in [6.45, 7) is 3.00. The molecule has 1 aliphatic rings. The molecule has 18 heavy (non-hydrogen) atoms. The number of Topliss-reactive ketones (excluding diaryl/α,β-unsaturated/α-hetero) is 1. The average Bonchev–Trinajstić information content (AvgIpc) is 2.27. The average molecular weight is 250 g/mol. The van der Waals surface area contributed by atoms with E-state index in [1.165, 1.54) is 13.0 Å². The second kappa shape index (κ2) is 4.40. The zero-order chi connectivity index (χ0) is 13.4. The number of carbonyl (C=O) groups excluding carboxylic acids is 2. The monoisotopic (exact) mass is 250 g/mol. The summed E-state index contributed by atoms with van der Waals surface area (Å²) in [5.41, 5.74) is 7.13. The Bertz CT molecular complexity index is 540. The van der Waals surface area contributed by atoms with Crippen LogP contribution in [0.5, 0.6) is 0 Å². The van der Waals surface area contributed by atoms with E-state index in [0.29, 0.717) is 29.5 Å². The van der Waals surface area contributed by atoms with Crippen LogP contribution in [0.15, 0.2) is 6.07 Å². The Morgan fingerprint density at radius 3 is 2.83 bits per heavy atom. The lowest BCUT2D eigenvalue weighted by Crippen LogP contribution is -2.32. The van der Waals surface area contributed by atoms with Crippen molar-refractivity contribution in [1.82, 2.24) is 5.32 Å². The minimum absolute atomic E-state index is 0.0906. The molecule has 0 heterocycles. The normalized spacial score (nSPS) is 18.4. The summed E-state index contributed by atoms with van der Waals surface area (Å²) in [6.07, 6.45) is 0.794. The van der Waals surface area contributed by atoms with Crippen molar-refractivity contribution in [3.63, 3.8) is 0 Å². The molecule has 3 N–H and O–H groups in total. The fourth-order valence-corrected chi connectivity index (χ4v) is 2.47. The molecule has 2 rings (SSSR count). The molecule has 1 aromatic carbocycles. The van der Waals surface area contributed by atoms with E-state index in [-0.39, 0.29) is 23.4 Å². The quantitative estimate of drug-likeness (QED) is 0.747. The third-order valence-electron chi connectivity index (χ3n) is 3.27. The molecule has 0 aliphatic heterocycles. The van der Waals surface area contributed by atoms with Crippen LogP contribution in [0.4, 0.5) is 10.1 Å². The Hall–Kier alpha value is -1.91. The number of nitrogens with two attached hydrogens (primary N) is 1. The minimum atomic E-state index is -0.448. The number of nitrogens with one attached hydrogen (secondary N) is 1. The standard InChI is InChI=1S/C13H15FN2O2/c1-6-8(14)5-9(15)13-11(18)4-3-10(12(6)13)16-7(2)17/h5,10H,3-4,15H2,1-2H3,(H,16,17). The van der Waals surface area contributed by atoms with Gasteiger partial charge in [0, 0.05) is 24.6 Å². The van der Waals surface area contributed by atoms with E-state index in [4.69, 9.17) is 5.73 Å². The fraction of sp³-hybridized carbons (Fsp3) is 0.385. The molecule has 5 heteroatoms. The van der Waals surface area contributed by atoms with Gasteiger partial charge in [-0.3, -0.25) is 9.59 Å². The van der Waals surface area contributed by atoms with E-state index in [1.807, 2.05) is 0 Å². The third-order valence-corrected chi connectivity index (χ3v) is 3.27. The number of nitrogen functional groups attached to an aromatic ring is 1. The van der Waals surface area contributed by atoms with Gasteiger partial charge in [0.05, 0.1) is 6.04 Å². The van der Waals surface area contributed by atoms with Gasteiger partial charge in [-0.05, 0) is 30.5 Å². The molecular weight excluding hydrogens is 235 g/mol. The Balaban J connectivity index is 2.62. The van der Waals surface area contributed by atoms with Gasteiger partial charge in [-0.1, -0.05) is 0 Å². The van der Waals surface area contributed by atoms with Crippen molar-refractivity contribution >= 4 is 17.4 Å². The maximum atomic E-state index is 13.7. The van der Waals surface area contributed by atoms with Crippen molar-refractivity contribution in [3.05, 3.63) is 28.6 Å². The Kier molecular flexibility index (Phi) is 3.07. The van der Waals surface area contributed by atoms with Crippen molar-refractivity contribution in [3.8, 4) is 0 Å². The van der Waals surface area contributed by atoms with Gasteiger partial charge in [0.2, 0.25) is 5.91 Å². The van der Waals surface area contributed by atoms with Gasteiger partial charge < -0.3 is 11.1 Å². The number of carbonyl (C=O) groups is 2. The van der Waals surface area contributed by atoms with Crippen LogP contribution < -0.4 is 11.1 Å². The van der Waals surface area contributed by atoms with Crippen LogP contribution in [-0.4, -0.2) is 11.7 Å². The lowest BCUT2D eigenvalue weighted by atomic mass is 9.83. The SMILES string of the molecule is CC(=O)NC1CCC(=O)c2c(N)cc(F)c(C)c21. The molecule has 4 nitrogen and oxygen atoms in total. The van der Waals surface area contributed by atoms with E-state index < -0.39 is 5.82 Å². The largest absolute Gasteiger partial charge is 0.398 e. The van der Waals surface area contributed by atoms with Gasteiger partial charge in [-0.15, -0.1) is 0 Å². The summed E-state index contributed by atoms with van der Waals surface area (Å²) >= 11 is 0. The van der Waals surface area contributed by atoms with Crippen molar-refractivity contribution < 1.29 is 14.0 Å². The van der Waals surface area contributed by atoms with Crippen LogP contribution >= 0.6 is 0 Å². The molecule has 0 spiro atoms. The fourth-order valence-electron chi connectivity index (χ4n) is 2.47. The molecule has 0 aromatic heterocycles. The molecule has 1 aliphatic carbocycles. The first-order chi connectivity index (χ1) is 8.41. The number of benzene rings is 1. The highest BCUT2D eigenvalue weighted by molar-refractivity contribution is 6.04. The van der Waals surface area contributed by atoms with E-state index in [0.717, 1.165) is 0 Å². The van der Waals surface area contributed by atoms with E-state index >= 15 is 0 Å². The number of anilines is 1. The van der Waals surface area contributed by atoms with Gasteiger partial charge >= 0.3 is 0 Å². The van der Waals surface area contributed by atoms with Crippen LogP contribution in [-0.2, 0) is 4.79 Å². The predicted octanol–water partition coefficient (Wildman–Crippen LogP) is 1.87. The summed E-state index contributed by atoms with van der Waals surface area (Å²) in [5.74, 6) is -0.744. The molecule has 1 atom stereocenters. The molecule has 0 fully saturated rings. The molecule has 0 saturated carbocycles. The predicted molar refractivity (Wildman–Crippen MR) is 65.7 cm³/mol. The van der Waals surface area contributed by atoms with Crippen LogP contribution in [0, 0.1) is 12.7 Å². The summed E-state index contributed by atoms with van der Waals surface area (Å²) in [4.78, 5) is 23.0. The second-order valence-electron chi connectivity index (χ2n) is 4.58. The van der Waals surface area contributed by atoms with Crippen molar-refractivity contribution in [2.24, 2.45) is 0 Å². The highest BCUT2D eigenvalue weighted by atomic mass is 19.1. The van der Waals surface area contributed by atoms with Gasteiger partial charge in [0.1, 0.15) is 5.82 Å². The number of amides is 1. The van der Waals surface area contributed by atoms with E-state index in [1.54, 1.807) is 6.92 Å². The molecule has 1 aromatic rings. The summed E-state index contributed by atoms with van der Waals surface area (Å²) < 4.78 is 13.7. The Morgan fingerprint density at radius 2 is 2.22 bits per heavy atom. The third kappa shape index (κ3) is 1.96. The zero-order valence-corrected chi connectivity index (χ0v) is 10.3. The highest BCUT2D eigenvalue weighted by Crippen LogP contribution is 2.36. The van der Waals surface area contributed by atoms with Crippen LogP contribution in [0.2, 0.25) is 0 Å². The van der Waals surface area contributed by atoms with Crippen molar-refractivity contribution in [2.75, 3.05) is 5.73 Å². The zero-order valence-electron chi connectivity index (χ0n) is 10.3. The van der Waals surface area contributed by atoms with Crippen LogP contribution in [0.25, 0.3) is 0 Å². The van der Waals surface area contributed by atoms with Crippen LogP contribution in [0.3, 0.4) is 0 Å². The maximum absolute atomic E-state index is 13.7. The van der Waals surface area contributed by atoms with Gasteiger partial charge in [0.25, 0.3) is 0 Å². The smallest absolute Gasteiger partial charge is 0.217 e. The molecule has 1 unspecified atom stereocenters. The molecular formula is C13H15FN2O2. The minimum Gasteiger partial charge on any atom is -0.398 e. The Labute approximate surface area is 104 Å². The van der Waals surface area contributed by atoms with Crippen molar-refractivity contribution in [1.29, 1.82) is 0 Å². The Morgan fingerprint density at radius 1 is 1.56 bits per heavy atom. The number of ketones is 1. The lowest BCUT2D eigenvalue weighted by molar-refractivity contribution is -0.119. The van der Waals surface area contributed by atoms with Gasteiger partial charge in [-0.25, -0.2) is 4.39 Å². The first-order valence-electron chi connectivity index (χ1n) is 5.80. The molecule has 0 saturated heterocycles. The first-order valence-corrected chi connectivity index (χ1v) is 5.80. The second-order valence-corrected chi connectivity index (χ2v) is 4.58. The first kappa shape index (κ1) is 12.5. The molecule has 0 bridgehead atoms. The molecule has 0 radical (unpaired) electrons. The number of rotatable bonds is 1. The molecule has 1 amide bonds. The van der Waals surface area contributed by atoms with Gasteiger partial charge in [-0.2, -0.15) is 0 Å². The molecule has 96 valence electrons. The summed E-state index contributed by atoms with van der Waals surface area (Å²) in [7, 11) is 0.